The number of aryl methyl sites for hydroxylation is 1. The predicted molar refractivity (Wildman–Crippen MR) is 94.6 cm³/mol. The van der Waals surface area contributed by atoms with Crippen LogP contribution in [-0.2, 0) is 14.3 Å². The molecule has 0 saturated heterocycles. The van der Waals surface area contributed by atoms with Gasteiger partial charge in [-0.15, -0.1) is 0 Å². The van der Waals surface area contributed by atoms with Gasteiger partial charge in [-0.05, 0) is 54.4 Å². The first kappa shape index (κ1) is 19.6. The Labute approximate surface area is 151 Å². The summed E-state index contributed by atoms with van der Waals surface area (Å²) in [6.45, 7) is 5.37. The van der Waals surface area contributed by atoms with Crippen molar-refractivity contribution in [3.63, 3.8) is 0 Å². The normalized spacial score (nSPS) is 11.1. The van der Waals surface area contributed by atoms with Crippen LogP contribution in [0.25, 0.3) is 0 Å². The smallest absolute Gasteiger partial charge is 0.311 e. The van der Waals surface area contributed by atoms with E-state index in [4.69, 9.17) is 9.47 Å². The van der Waals surface area contributed by atoms with Crippen LogP contribution >= 0.6 is 31.9 Å². The number of halogens is 2. The molecule has 8 heteroatoms. The van der Waals surface area contributed by atoms with Crippen LogP contribution in [0.15, 0.2) is 26.2 Å². The van der Waals surface area contributed by atoms with Crippen LogP contribution in [0, 0.1) is 6.92 Å². The first-order valence-electron chi connectivity index (χ1n) is 6.89. The van der Waals surface area contributed by atoms with Gasteiger partial charge in [0.15, 0.2) is 6.61 Å². The molecule has 1 amide bonds. The summed E-state index contributed by atoms with van der Waals surface area (Å²) in [5.41, 5.74) is 3.69. The third kappa shape index (κ3) is 7.13. The van der Waals surface area contributed by atoms with E-state index >= 15 is 0 Å². The average molecular weight is 450 g/mol. The molecule has 0 fully saturated rings. The number of benzene rings is 1. The second-order valence-corrected chi connectivity index (χ2v) is 6.46. The monoisotopic (exact) mass is 448 g/mol. The Morgan fingerprint density at radius 1 is 1.30 bits per heavy atom. The number of hydrogen-bond acceptors (Lipinski definition) is 5. The van der Waals surface area contributed by atoms with Gasteiger partial charge in [0.25, 0.3) is 5.91 Å². The highest BCUT2D eigenvalue weighted by Crippen LogP contribution is 2.32. The molecule has 0 aliphatic heterocycles. The fourth-order valence-electron chi connectivity index (χ4n) is 1.66. The first-order chi connectivity index (χ1) is 10.8. The van der Waals surface area contributed by atoms with Gasteiger partial charge >= 0.3 is 5.97 Å². The summed E-state index contributed by atoms with van der Waals surface area (Å²) >= 11 is 6.76. The van der Waals surface area contributed by atoms with E-state index in [-0.39, 0.29) is 19.0 Å². The Hall–Kier alpha value is -1.41. The quantitative estimate of drug-likeness (QED) is 0.393. The zero-order valence-corrected chi connectivity index (χ0v) is 16.3. The van der Waals surface area contributed by atoms with E-state index in [0.29, 0.717) is 18.1 Å². The Bertz CT molecular complexity index is 594. The maximum Gasteiger partial charge on any atom is 0.311 e. The van der Waals surface area contributed by atoms with E-state index in [0.717, 1.165) is 14.5 Å². The summed E-state index contributed by atoms with van der Waals surface area (Å²) in [7, 11) is 0. The molecule has 0 aliphatic rings. The summed E-state index contributed by atoms with van der Waals surface area (Å²) in [6.07, 6.45) is 0.0341. The molecule has 0 bridgehead atoms. The van der Waals surface area contributed by atoms with Crippen LogP contribution in [0.5, 0.6) is 5.75 Å². The average Bonchev–Trinajstić information content (AvgIpc) is 2.44. The molecule has 0 radical (unpaired) electrons. The lowest BCUT2D eigenvalue weighted by atomic mass is 10.2. The molecule has 0 saturated carbocycles. The maximum atomic E-state index is 11.7. The number of amides is 1. The molecule has 0 spiro atoms. The van der Waals surface area contributed by atoms with Gasteiger partial charge < -0.3 is 9.47 Å². The summed E-state index contributed by atoms with van der Waals surface area (Å²) in [6, 6.07) is 3.72. The number of hydrazone groups is 1. The Morgan fingerprint density at radius 2 is 2.00 bits per heavy atom. The largest absolute Gasteiger partial charge is 0.482 e. The summed E-state index contributed by atoms with van der Waals surface area (Å²) in [5, 5.41) is 3.83. The molecule has 1 aromatic carbocycles. The molecule has 0 heterocycles. The van der Waals surface area contributed by atoms with E-state index < -0.39 is 5.91 Å². The molecule has 0 atom stereocenters. The number of hydrogen-bond donors (Lipinski definition) is 1. The number of nitrogens with one attached hydrogen (secondary N) is 1. The molecule has 1 N–H and O–H groups in total. The van der Waals surface area contributed by atoms with Crippen molar-refractivity contribution in [2.75, 3.05) is 13.2 Å². The molecule has 126 valence electrons. The van der Waals surface area contributed by atoms with Crippen molar-refractivity contribution in [1.29, 1.82) is 0 Å². The van der Waals surface area contributed by atoms with Crippen LogP contribution in [0.2, 0.25) is 0 Å². The number of carbonyl (C=O) groups excluding carboxylic acids is 2. The predicted octanol–water partition coefficient (Wildman–Crippen LogP) is 3.34. The summed E-state index contributed by atoms with van der Waals surface area (Å²) in [4.78, 5) is 23.0. The minimum Gasteiger partial charge on any atom is -0.482 e. The highest BCUT2D eigenvalue weighted by molar-refractivity contribution is 9.11. The zero-order valence-electron chi connectivity index (χ0n) is 13.1. The highest BCUT2D eigenvalue weighted by Gasteiger charge is 2.10. The van der Waals surface area contributed by atoms with Gasteiger partial charge in [-0.3, -0.25) is 9.59 Å². The highest BCUT2D eigenvalue weighted by atomic mass is 79.9. The van der Waals surface area contributed by atoms with Crippen LogP contribution in [0.4, 0.5) is 0 Å². The van der Waals surface area contributed by atoms with Crippen LogP contribution < -0.4 is 10.2 Å². The number of esters is 1. The second kappa shape index (κ2) is 9.67. The van der Waals surface area contributed by atoms with Gasteiger partial charge in [-0.1, -0.05) is 15.9 Å². The van der Waals surface area contributed by atoms with Gasteiger partial charge in [0.05, 0.1) is 17.5 Å². The van der Waals surface area contributed by atoms with Crippen molar-refractivity contribution >= 4 is 49.4 Å². The van der Waals surface area contributed by atoms with Crippen molar-refractivity contribution in [2.45, 2.75) is 27.2 Å². The van der Waals surface area contributed by atoms with E-state index in [1.165, 1.54) is 0 Å². The molecular formula is C15H18Br2N2O4. The maximum absolute atomic E-state index is 11.7. The summed E-state index contributed by atoms with van der Waals surface area (Å²) in [5.74, 6) is -0.202. The molecule has 0 aliphatic carbocycles. The lowest BCUT2D eigenvalue weighted by molar-refractivity contribution is -0.141. The molecule has 1 aromatic rings. The molecular weight excluding hydrogens is 432 g/mol. The van der Waals surface area contributed by atoms with Crippen LogP contribution in [-0.4, -0.2) is 30.8 Å². The fourth-order valence-corrected chi connectivity index (χ4v) is 3.21. The van der Waals surface area contributed by atoms with Crippen LogP contribution in [0.1, 0.15) is 25.8 Å². The number of ether oxygens (including phenoxy) is 2. The van der Waals surface area contributed by atoms with E-state index in [1.807, 2.05) is 19.1 Å². The third-order valence-electron chi connectivity index (χ3n) is 2.62. The third-order valence-corrected chi connectivity index (χ3v) is 3.67. The second-order valence-electron chi connectivity index (χ2n) is 4.69. The van der Waals surface area contributed by atoms with Crippen molar-refractivity contribution in [1.82, 2.24) is 5.43 Å². The first-order valence-corrected chi connectivity index (χ1v) is 8.48. The standard InChI is InChI=1S/C15H18Br2N2O4/c1-4-22-14(21)6-10(3)18-19-13(20)8-23-15-9(2)5-11(16)7-12(15)17/h5,7H,4,6,8H2,1-3H3,(H,19,20)/b18-10+. The van der Waals surface area contributed by atoms with Crippen molar-refractivity contribution in [3.8, 4) is 5.75 Å². The number of nitrogens with zero attached hydrogens (tertiary/aromatic N) is 1. The molecule has 23 heavy (non-hydrogen) atoms. The molecule has 6 nitrogen and oxygen atoms in total. The SMILES string of the molecule is CCOC(=O)C/C(C)=N/NC(=O)COc1c(C)cc(Br)cc1Br. The van der Waals surface area contributed by atoms with Gasteiger partial charge in [-0.25, -0.2) is 5.43 Å². The van der Waals surface area contributed by atoms with Crippen molar-refractivity contribution in [2.24, 2.45) is 5.10 Å². The van der Waals surface area contributed by atoms with E-state index in [2.05, 4.69) is 42.4 Å². The van der Waals surface area contributed by atoms with Gasteiger partial charge in [0.2, 0.25) is 0 Å². The van der Waals surface area contributed by atoms with Crippen molar-refractivity contribution < 1.29 is 19.1 Å². The molecule has 0 unspecified atom stereocenters. The zero-order chi connectivity index (χ0) is 17.4. The molecule has 0 aromatic heterocycles. The number of rotatable bonds is 7. The lowest BCUT2D eigenvalue weighted by Crippen LogP contribution is -2.26. The van der Waals surface area contributed by atoms with E-state index in [9.17, 15) is 9.59 Å². The topological polar surface area (TPSA) is 77.0 Å². The minimum atomic E-state index is -0.414. The van der Waals surface area contributed by atoms with Crippen molar-refractivity contribution in [3.05, 3.63) is 26.6 Å². The molecule has 1 rings (SSSR count). The van der Waals surface area contributed by atoms with Gasteiger partial charge in [-0.2, -0.15) is 5.10 Å². The Kier molecular flexibility index (Phi) is 8.25. The van der Waals surface area contributed by atoms with Crippen LogP contribution in [0.3, 0.4) is 0 Å². The van der Waals surface area contributed by atoms with E-state index in [1.54, 1.807) is 13.8 Å². The minimum absolute atomic E-state index is 0.0341. The lowest BCUT2D eigenvalue weighted by Gasteiger charge is -2.11. The Balaban J connectivity index is 2.50. The van der Waals surface area contributed by atoms with Gasteiger partial charge in [0, 0.05) is 10.2 Å². The Morgan fingerprint density at radius 3 is 2.61 bits per heavy atom. The summed E-state index contributed by atoms with van der Waals surface area (Å²) < 4.78 is 12.0. The fraction of sp³-hybridized carbons (Fsp3) is 0.400. The van der Waals surface area contributed by atoms with Gasteiger partial charge in [0.1, 0.15) is 5.75 Å². The number of carbonyl (C=O) groups is 2.